The Morgan fingerprint density at radius 3 is 2.79 bits per heavy atom. The summed E-state index contributed by atoms with van der Waals surface area (Å²) in [6, 6.07) is 15.3. The van der Waals surface area contributed by atoms with Gasteiger partial charge in [0.25, 0.3) is 5.91 Å². The normalized spacial score (nSPS) is 12.0. The molecule has 0 aliphatic carbocycles. The fourth-order valence-corrected chi connectivity index (χ4v) is 3.34. The van der Waals surface area contributed by atoms with E-state index in [1.165, 1.54) is 12.8 Å². The number of hydrogen-bond acceptors (Lipinski definition) is 3. The summed E-state index contributed by atoms with van der Waals surface area (Å²) in [6.07, 6.45) is 6.31. The van der Waals surface area contributed by atoms with Crippen molar-refractivity contribution in [2.45, 2.75) is 52.6 Å². The molecule has 0 saturated carbocycles. The first-order chi connectivity index (χ1) is 13.6. The number of para-hydroxylation sites is 1. The largest absolute Gasteiger partial charge is 0.490 e. The van der Waals surface area contributed by atoms with Crippen LogP contribution in [0.5, 0.6) is 5.75 Å². The first kappa shape index (κ1) is 19.9. The lowest BCUT2D eigenvalue weighted by Gasteiger charge is -2.17. The number of aromatic nitrogens is 1. The standard InChI is InChI=1S/C24H28N2O2/c1-4-5-6-10-18(3)28-22-13-8-7-12-20(22)24(27)26-21-16-17(2)15-19-11-9-14-25-23(19)21/h7-9,11-16,18H,4-6,10H2,1-3H3,(H,26,27). The molecule has 4 nitrogen and oxygen atoms in total. The maximum absolute atomic E-state index is 13.0. The summed E-state index contributed by atoms with van der Waals surface area (Å²) in [4.78, 5) is 17.4. The van der Waals surface area contributed by atoms with Gasteiger partial charge in [-0.3, -0.25) is 9.78 Å². The number of unbranched alkanes of at least 4 members (excludes halogenated alkanes) is 2. The summed E-state index contributed by atoms with van der Waals surface area (Å²) in [6.45, 7) is 6.26. The van der Waals surface area contributed by atoms with Crippen molar-refractivity contribution in [2.24, 2.45) is 0 Å². The van der Waals surface area contributed by atoms with Gasteiger partial charge in [0, 0.05) is 11.6 Å². The molecular formula is C24H28N2O2. The van der Waals surface area contributed by atoms with E-state index in [0.717, 1.165) is 29.3 Å². The van der Waals surface area contributed by atoms with Crippen LogP contribution in [-0.4, -0.2) is 17.0 Å². The highest BCUT2D eigenvalue weighted by molar-refractivity contribution is 6.09. The van der Waals surface area contributed by atoms with Gasteiger partial charge in [-0.2, -0.15) is 0 Å². The Morgan fingerprint density at radius 1 is 1.14 bits per heavy atom. The monoisotopic (exact) mass is 376 g/mol. The van der Waals surface area contributed by atoms with Crippen LogP contribution in [0.4, 0.5) is 5.69 Å². The average Bonchev–Trinajstić information content (AvgIpc) is 2.68. The lowest BCUT2D eigenvalue weighted by atomic mass is 10.1. The molecule has 0 fully saturated rings. The van der Waals surface area contributed by atoms with Crippen molar-refractivity contribution in [2.75, 3.05) is 5.32 Å². The molecule has 3 aromatic rings. The van der Waals surface area contributed by atoms with Crippen LogP contribution in [0.25, 0.3) is 10.9 Å². The molecule has 1 N–H and O–H groups in total. The maximum Gasteiger partial charge on any atom is 0.259 e. The van der Waals surface area contributed by atoms with Crippen LogP contribution < -0.4 is 10.1 Å². The van der Waals surface area contributed by atoms with Gasteiger partial charge in [0.2, 0.25) is 0 Å². The second kappa shape index (κ2) is 9.36. The topological polar surface area (TPSA) is 51.2 Å². The second-order valence-electron chi connectivity index (χ2n) is 7.26. The van der Waals surface area contributed by atoms with Gasteiger partial charge in [-0.25, -0.2) is 0 Å². The van der Waals surface area contributed by atoms with Crippen molar-refractivity contribution in [3.63, 3.8) is 0 Å². The van der Waals surface area contributed by atoms with Crippen molar-refractivity contribution >= 4 is 22.5 Å². The van der Waals surface area contributed by atoms with Gasteiger partial charge in [-0.1, -0.05) is 38.0 Å². The summed E-state index contributed by atoms with van der Waals surface area (Å²) in [7, 11) is 0. The number of nitrogens with one attached hydrogen (secondary N) is 1. The Hall–Kier alpha value is -2.88. The lowest BCUT2D eigenvalue weighted by Crippen LogP contribution is -2.17. The number of benzene rings is 2. The van der Waals surface area contributed by atoms with Crippen LogP contribution in [0, 0.1) is 6.92 Å². The molecular weight excluding hydrogens is 348 g/mol. The number of hydrogen-bond donors (Lipinski definition) is 1. The number of anilines is 1. The number of amides is 1. The Bertz CT molecular complexity index is 952. The molecule has 0 saturated heterocycles. The highest BCUT2D eigenvalue weighted by Gasteiger charge is 2.16. The third-order valence-electron chi connectivity index (χ3n) is 4.77. The molecule has 0 aliphatic rings. The number of pyridine rings is 1. The summed E-state index contributed by atoms with van der Waals surface area (Å²) in [5, 5.41) is 4.03. The minimum absolute atomic E-state index is 0.0713. The zero-order valence-corrected chi connectivity index (χ0v) is 16.9. The minimum atomic E-state index is -0.186. The predicted molar refractivity (Wildman–Crippen MR) is 115 cm³/mol. The van der Waals surface area contributed by atoms with Gasteiger partial charge >= 0.3 is 0 Å². The number of nitrogens with zero attached hydrogens (tertiary/aromatic N) is 1. The first-order valence-corrected chi connectivity index (χ1v) is 10.0. The number of rotatable bonds is 8. The van der Waals surface area contributed by atoms with Crippen molar-refractivity contribution in [1.29, 1.82) is 0 Å². The fraction of sp³-hybridized carbons (Fsp3) is 0.333. The van der Waals surface area contributed by atoms with Gasteiger partial charge in [0.15, 0.2) is 0 Å². The van der Waals surface area contributed by atoms with Crippen LogP contribution in [0.15, 0.2) is 54.7 Å². The number of ether oxygens (including phenoxy) is 1. The predicted octanol–water partition coefficient (Wildman–Crippen LogP) is 6.14. The molecule has 0 bridgehead atoms. The summed E-state index contributed by atoms with van der Waals surface area (Å²) >= 11 is 0. The highest BCUT2D eigenvalue weighted by atomic mass is 16.5. The third-order valence-corrected chi connectivity index (χ3v) is 4.77. The summed E-state index contributed by atoms with van der Waals surface area (Å²) in [5.41, 5.74) is 3.11. The van der Waals surface area contributed by atoms with E-state index in [-0.39, 0.29) is 12.0 Å². The van der Waals surface area contributed by atoms with Gasteiger partial charge in [-0.05, 0) is 62.6 Å². The van der Waals surface area contributed by atoms with Crippen molar-refractivity contribution in [3.05, 3.63) is 65.9 Å². The molecule has 28 heavy (non-hydrogen) atoms. The van der Waals surface area contributed by atoms with Crippen molar-refractivity contribution < 1.29 is 9.53 Å². The molecule has 1 atom stereocenters. The van der Waals surface area contributed by atoms with E-state index >= 15 is 0 Å². The molecule has 3 rings (SSSR count). The van der Waals surface area contributed by atoms with E-state index in [1.54, 1.807) is 12.3 Å². The number of fused-ring (bicyclic) bond motifs is 1. The van der Waals surface area contributed by atoms with Gasteiger partial charge < -0.3 is 10.1 Å². The Morgan fingerprint density at radius 2 is 1.96 bits per heavy atom. The van der Waals surface area contributed by atoms with Crippen LogP contribution in [0.2, 0.25) is 0 Å². The average molecular weight is 377 g/mol. The minimum Gasteiger partial charge on any atom is -0.490 e. The van der Waals surface area contributed by atoms with Crippen molar-refractivity contribution in [1.82, 2.24) is 4.98 Å². The molecule has 1 unspecified atom stereocenters. The Labute approximate surface area is 166 Å². The smallest absolute Gasteiger partial charge is 0.259 e. The van der Waals surface area contributed by atoms with Crippen LogP contribution in [0.3, 0.4) is 0 Å². The maximum atomic E-state index is 13.0. The van der Waals surface area contributed by atoms with Crippen molar-refractivity contribution in [3.8, 4) is 5.75 Å². The number of carbonyl (C=O) groups excluding carboxylic acids is 1. The zero-order chi connectivity index (χ0) is 19.9. The molecule has 0 spiro atoms. The Kier molecular flexibility index (Phi) is 6.64. The highest BCUT2D eigenvalue weighted by Crippen LogP contribution is 2.26. The van der Waals surface area contributed by atoms with Crippen LogP contribution in [-0.2, 0) is 0 Å². The van der Waals surface area contributed by atoms with Gasteiger partial charge in [-0.15, -0.1) is 0 Å². The molecule has 0 radical (unpaired) electrons. The quantitative estimate of drug-likeness (QED) is 0.480. The van der Waals surface area contributed by atoms with Crippen LogP contribution in [0.1, 0.15) is 55.5 Å². The van der Waals surface area contributed by atoms with E-state index < -0.39 is 0 Å². The van der Waals surface area contributed by atoms with E-state index in [4.69, 9.17) is 4.74 Å². The Balaban J connectivity index is 1.80. The third kappa shape index (κ3) is 4.89. The fourth-order valence-electron chi connectivity index (χ4n) is 3.34. The summed E-state index contributed by atoms with van der Waals surface area (Å²) in [5.74, 6) is 0.433. The van der Waals surface area contributed by atoms with E-state index in [0.29, 0.717) is 17.0 Å². The molecule has 1 amide bonds. The SMILES string of the molecule is CCCCCC(C)Oc1ccccc1C(=O)Nc1cc(C)cc2cccnc12. The summed E-state index contributed by atoms with van der Waals surface area (Å²) < 4.78 is 6.09. The van der Waals surface area contributed by atoms with E-state index in [2.05, 4.69) is 30.2 Å². The lowest BCUT2D eigenvalue weighted by molar-refractivity contribution is 0.102. The number of carbonyl (C=O) groups is 1. The molecule has 0 aliphatic heterocycles. The molecule has 4 heteroatoms. The zero-order valence-electron chi connectivity index (χ0n) is 16.9. The van der Waals surface area contributed by atoms with Gasteiger partial charge in [0.1, 0.15) is 5.75 Å². The molecule has 1 heterocycles. The molecule has 1 aromatic heterocycles. The molecule has 2 aromatic carbocycles. The first-order valence-electron chi connectivity index (χ1n) is 10.0. The van der Waals surface area contributed by atoms with E-state index in [9.17, 15) is 4.79 Å². The molecule has 146 valence electrons. The number of aryl methyl sites for hydroxylation is 1. The van der Waals surface area contributed by atoms with Gasteiger partial charge in [0.05, 0.1) is 22.9 Å². The van der Waals surface area contributed by atoms with E-state index in [1.807, 2.05) is 43.3 Å². The second-order valence-corrected chi connectivity index (χ2v) is 7.26. The van der Waals surface area contributed by atoms with Crippen LogP contribution >= 0.6 is 0 Å².